The van der Waals surface area contributed by atoms with E-state index in [0.717, 1.165) is 17.0 Å². The van der Waals surface area contributed by atoms with Gasteiger partial charge in [0, 0.05) is 10.6 Å². The summed E-state index contributed by atoms with van der Waals surface area (Å²) < 4.78 is 44.7. The Kier molecular flexibility index (Phi) is 6.47. The van der Waals surface area contributed by atoms with E-state index in [1.165, 1.54) is 30.5 Å². The lowest BCUT2D eigenvalue weighted by Crippen LogP contribution is -2.37. The van der Waals surface area contributed by atoms with Crippen LogP contribution in [0.4, 0.5) is 18.9 Å². The number of hydrogen-bond acceptors (Lipinski definition) is 3. The Hall–Kier alpha value is -3.26. The lowest BCUT2D eigenvalue weighted by atomic mass is 10.1. The van der Waals surface area contributed by atoms with Crippen molar-refractivity contribution in [2.45, 2.75) is 12.7 Å². The number of furan rings is 1. The number of halogens is 4. The fourth-order valence-corrected chi connectivity index (χ4v) is 2.99. The van der Waals surface area contributed by atoms with Crippen LogP contribution in [0.1, 0.15) is 21.7 Å². The third-order valence-corrected chi connectivity index (χ3v) is 4.36. The van der Waals surface area contributed by atoms with E-state index >= 15 is 0 Å². The van der Waals surface area contributed by atoms with Crippen molar-refractivity contribution >= 4 is 29.1 Å². The lowest BCUT2D eigenvalue weighted by molar-refractivity contribution is -0.137. The number of alkyl halides is 3. The van der Waals surface area contributed by atoms with E-state index in [1.807, 2.05) is 0 Å². The molecule has 1 N–H and O–H groups in total. The van der Waals surface area contributed by atoms with Crippen molar-refractivity contribution in [2.24, 2.45) is 0 Å². The molecule has 3 rings (SSSR count). The number of nitrogens with one attached hydrogen (secondary N) is 1. The summed E-state index contributed by atoms with van der Waals surface area (Å²) >= 11 is 5.93. The van der Waals surface area contributed by atoms with E-state index in [1.54, 1.807) is 24.3 Å². The molecule has 0 aliphatic heterocycles. The third kappa shape index (κ3) is 5.42. The van der Waals surface area contributed by atoms with Crippen molar-refractivity contribution in [3.8, 4) is 0 Å². The first-order chi connectivity index (χ1) is 14.2. The van der Waals surface area contributed by atoms with Crippen LogP contribution in [-0.4, -0.2) is 23.3 Å². The average molecular weight is 437 g/mol. The molecule has 0 bridgehead atoms. The van der Waals surface area contributed by atoms with Crippen LogP contribution in [0, 0.1) is 0 Å². The standard InChI is InChI=1S/C21H16ClF3N2O3/c22-15-6-3-5-14(11-15)20(29)27(12-16-7-4-10-30-16)13-19(28)26-18-9-2-1-8-17(18)21(23,24)25/h1-11H,12-13H2,(H,26,28). The number of nitrogens with zero attached hydrogens (tertiary/aromatic N) is 1. The van der Waals surface area contributed by atoms with Crippen molar-refractivity contribution in [1.29, 1.82) is 0 Å². The Balaban J connectivity index is 1.81. The summed E-state index contributed by atoms with van der Waals surface area (Å²) in [4.78, 5) is 26.6. The molecule has 3 aromatic rings. The van der Waals surface area contributed by atoms with Crippen LogP contribution in [0.3, 0.4) is 0 Å². The smallest absolute Gasteiger partial charge is 0.418 e. The summed E-state index contributed by atoms with van der Waals surface area (Å²) in [6, 6.07) is 14.0. The van der Waals surface area contributed by atoms with E-state index < -0.39 is 30.1 Å². The van der Waals surface area contributed by atoms with Crippen molar-refractivity contribution < 1.29 is 27.2 Å². The lowest BCUT2D eigenvalue weighted by Gasteiger charge is -2.22. The van der Waals surface area contributed by atoms with Gasteiger partial charge < -0.3 is 14.6 Å². The van der Waals surface area contributed by atoms with Gasteiger partial charge >= 0.3 is 6.18 Å². The van der Waals surface area contributed by atoms with E-state index in [-0.39, 0.29) is 17.8 Å². The van der Waals surface area contributed by atoms with Crippen LogP contribution in [0.25, 0.3) is 0 Å². The number of carbonyl (C=O) groups is 2. The molecule has 0 radical (unpaired) electrons. The molecule has 0 aliphatic rings. The van der Waals surface area contributed by atoms with Crippen LogP contribution in [0.5, 0.6) is 0 Å². The van der Waals surface area contributed by atoms with Gasteiger partial charge in [-0.25, -0.2) is 0 Å². The van der Waals surface area contributed by atoms with E-state index in [4.69, 9.17) is 16.0 Å². The van der Waals surface area contributed by atoms with Gasteiger partial charge in [0.05, 0.1) is 24.1 Å². The molecule has 0 atom stereocenters. The van der Waals surface area contributed by atoms with Gasteiger partial charge in [-0.1, -0.05) is 29.8 Å². The molecular weight excluding hydrogens is 421 g/mol. The molecule has 2 aromatic carbocycles. The highest BCUT2D eigenvalue weighted by Gasteiger charge is 2.33. The molecule has 156 valence electrons. The number of rotatable bonds is 6. The van der Waals surface area contributed by atoms with Crippen molar-refractivity contribution in [3.63, 3.8) is 0 Å². The highest BCUT2D eigenvalue weighted by Crippen LogP contribution is 2.34. The Bertz CT molecular complexity index is 1040. The molecule has 2 amide bonds. The van der Waals surface area contributed by atoms with Crippen LogP contribution in [-0.2, 0) is 17.5 Å². The summed E-state index contributed by atoms with van der Waals surface area (Å²) in [6.45, 7) is -0.537. The Morgan fingerprint density at radius 2 is 1.80 bits per heavy atom. The molecule has 9 heteroatoms. The zero-order valence-corrected chi connectivity index (χ0v) is 16.2. The fourth-order valence-electron chi connectivity index (χ4n) is 2.80. The number of hydrogen-bond donors (Lipinski definition) is 1. The summed E-state index contributed by atoms with van der Waals surface area (Å²) in [5.41, 5.74) is -1.13. The molecule has 1 aromatic heterocycles. The second-order valence-electron chi connectivity index (χ2n) is 6.34. The van der Waals surface area contributed by atoms with E-state index in [2.05, 4.69) is 5.32 Å². The molecule has 5 nitrogen and oxygen atoms in total. The number of carbonyl (C=O) groups excluding carboxylic acids is 2. The minimum atomic E-state index is -4.63. The largest absolute Gasteiger partial charge is 0.467 e. The Morgan fingerprint density at radius 1 is 1.03 bits per heavy atom. The minimum Gasteiger partial charge on any atom is -0.467 e. The van der Waals surface area contributed by atoms with Crippen LogP contribution in [0.2, 0.25) is 5.02 Å². The maximum Gasteiger partial charge on any atom is 0.418 e. The zero-order chi connectivity index (χ0) is 21.7. The maximum absolute atomic E-state index is 13.2. The van der Waals surface area contributed by atoms with Gasteiger partial charge in [0.25, 0.3) is 5.91 Å². The molecule has 30 heavy (non-hydrogen) atoms. The maximum atomic E-state index is 13.2. The van der Waals surface area contributed by atoms with Crippen molar-refractivity contribution in [3.05, 3.63) is 88.8 Å². The first-order valence-electron chi connectivity index (χ1n) is 8.77. The van der Waals surface area contributed by atoms with Gasteiger partial charge in [0.15, 0.2) is 0 Å². The molecule has 0 saturated heterocycles. The highest BCUT2D eigenvalue weighted by atomic mass is 35.5. The average Bonchev–Trinajstić information content (AvgIpc) is 3.19. The van der Waals surface area contributed by atoms with Crippen LogP contribution < -0.4 is 5.32 Å². The fraction of sp³-hybridized carbons (Fsp3) is 0.143. The zero-order valence-electron chi connectivity index (χ0n) is 15.4. The quantitative estimate of drug-likeness (QED) is 0.575. The third-order valence-electron chi connectivity index (χ3n) is 4.13. The topological polar surface area (TPSA) is 62.6 Å². The first-order valence-corrected chi connectivity index (χ1v) is 9.15. The van der Waals surface area contributed by atoms with Crippen LogP contribution >= 0.6 is 11.6 Å². The highest BCUT2D eigenvalue weighted by molar-refractivity contribution is 6.31. The van der Waals surface area contributed by atoms with Crippen molar-refractivity contribution in [1.82, 2.24) is 4.90 Å². The molecule has 0 fully saturated rings. The molecule has 0 unspecified atom stereocenters. The Labute approximate surface area is 175 Å². The number of amides is 2. The molecular formula is C21H16ClF3N2O3. The number of benzene rings is 2. The van der Waals surface area contributed by atoms with Crippen molar-refractivity contribution in [2.75, 3.05) is 11.9 Å². The van der Waals surface area contributed by atoms with E-state index in [0.29, 0.717) is 10.8 Å². The molecule has 1 heterocycles. The summed E-state index contributed by atoms with van der Waals surface area (Å²) in [7, 11) is 0. The molecule has 0 saturated carbocycles. The Morgan fingerprint density at radius 3 is 2.47 bits per heavy atom. The first kappa shape index (κ1) is 21.4. The molecule has 0 aliphatic carbocycles. The summed E-state index contributed by atoms with van der Waals surface area (Å²) in [6.07, 6.45) is -3.22. The number of anilines is 1. The predicted octanol–water partition coefficient (Wildman–Crippen LogP) is 5.23. The number of para-hydroxylation sites is 1. The van der Waals surface area contributed by atoms with Gasteiger partial charge in [0.2, 0.25) is 5.91 Å². The van der Waals surface area contributed by atoms with Gasteiger partial charge in [-0.15, -0.1) is 0 Å². The minimum absolute atomic E-state index is 0.0489. The predicted molar refractivity (Wildman–Crippen MR) is 105 cm³/mol. The SMILES string of the molecule is O=C(CN(Cc1ccco1)C(=O)c1cccc(Cl)c1)Nc1ccccc1C(F)(F)F. The van der Waals surface area contributed by atoms with Gasteiger partial charge in [-0.3, -0.25) is 9.59 Å². The van der Waals surface area contributed by atoms with Crippen LogP contribution in [0.15, 0.2) is 71.3 Å². The molecule has 0 spiro atoms. The second kappa shape index (κ2) is 9.04. The van der Waals surface area contributed by atoms with Gasteiger partial charge in [-0.05, 0) is 42.5 Å². The monoisotopic (exact) mass is 436 g/mol. The second-order valence-corrected chi connectivity index (χ2v) is 6.78. The van der Waals surface area contributed by atoms with Gasteiger partial charge in [0.1, 0.15) is 12.3 Å². The normalized spacial score (nSPS) is 11.2. The van der Waals surface area contributed by atoms with Gasteiger partial charge in [-0.2, -0.15) is 13.2 Å². The summed E-state index contributed by atoms with van der Waals surface area (Å²) in [5, 5.41) is 2.57. The van der Waals surface area contributed by atoms with E-state index in [9.17, 15) is 22.8 Å². The summed E-state index contributed by atoms with van der Waals surface area (Å²) in [5.74, 6) is -0.893.